The first-order valence-electron chi connectivity index (χ1n) is 6.39. The lowest BCUT2D eigenvalue weighted by atomic mass is 10.0. The van der Waals surface area contributed by atoms with Crippen molar-refractivity contribution in [3.05, 3.63) is 27.3 Å². The number of rotatable bonds is 2. The lowest BCUT2D eigenvalue weighted by Gasteiger charge is -2.42. The molecule has 0 bridgehead atoms. The molecule has 1 heterocycles. The Labute approximate surface area is 131 Å². The first kappa shape index (κ1) is 15.5. The van der Waals surface area contributed by atoms with Crippen molar-refractivity contribution in [3.8, 4) is 5.75 Å². The zero-order valence-corrected chi connectivity index (χ0v) is 13.6. The van der Waals surface area contributed by atoms with Gasteiger partial charge in [-0.25, -0.2) is 0 Å². The van der Waals surface area contributed by atoms with Crippen LogP contribution in [0.1, 0.15) is 24.2 Å². The quantitative estimate of drug-likeness (QED) is 0.752. The van der Waals surface area contributed by atoms with Crippen molar-refractivity contribution in [1.82, 2.24) is 4.90 Å². The third kappa shape index (κ3) is 3.42. The summed E-state index contributed by atoms with van der Waals surface area (Å²) in [5, 5.41) is 19.1. The van der Waals surface area contributed by atoms with E-state index in [4.69, 9.17) is 4.74 Å². The van der Waals surface area contributed by atoms with Gasteiger partial charge >= 0.3 is 0 Å². The van der Waals surface area contributed by atoms with Crippen LogP contribution >= 0.6 is 22.6 Å². The van der Waals surface area contributed by atoms with E-state index in [1.165, 1.54) is 6.07 Å². The molecule has 0 saturated carbocycles. The van der Waals surface area contributed by atoms with Gasteiger partial charge in [0.25, 0.3) is 5.91 Å². The van der Waals surface area contributed by atoms with E-state index in [2.05, 4.69) is 22.6 Å². The number of carbonyl (C=O) groups excluding carboxylic acids is 1. The maximum atomic E-state index is 12.5. The van der Waals surface area contributed by atoms with Crippen LogP contribution in [0, 0.1) is 3.57 Å². The van der Waals surface area contributed by atoms with E-state index in [0.717, 1.165) is 3.57 Å². The highest BCUT2D eigenvalue weighted by atomic mass is 127. The molecule has 1 amide bonds. The molecule has 1 atom stereocenters. The second-order valence-corrected chi connectivity index (χ2v) is 6.77. The van der Waals surface area contributed by atoms with E-state index in [0.29, 0.717) is 13.1 Å². The number of carbonyl (C=O) groups is 1. The number of phenols is 1. The third-order valence-corrected chi connectivity index (χ3v) is 3.83. The molecule has 0 aromatic heterocycles. The maximum Gasteiger partial charge on any atom is 0.257 e. The van der Waals surface area contributed by atoms with Crippen molar-refractivity contribution in [2.45, 2.75) is 25.6 Å². The molecule has 1 aliphatic heterocycles. The van der Waals surface area contributed by atoms with Gasteiger partial charge in [0.15, 0.2) is 0 Å². The van der Waals surface area contributed by atoms with Gasteiger partial charge in [0.2, 0.25) is 0 Å². The van der Waals surface area contributed by atoms with Crippen LogP contribution in [0.4, 0.5) is 0 Å². The molecule has 20 heavy (non-hydrogen) atoms. The fourth-order valence-electron chi connectivity index (χ4n) is 2.40. The van der Waals surface area contributed by atoms with E-state index in [-0.39, 0.29) is 23.8 Å². The van der Waals surface area contributed by atoms with E-state index >= 15 is 0 Å². The van der Waals surface area contributed by atoms with Crippen LogP contribution in [0.25, 0.3) is 0 Å². The number of benzene rings is 1. The van der Waals surface area contributed by atoms with Crippen LogP contribution in [0.15, 0.2) is 18.2 Å². The van der Waals surface area contributed by atoms with Gasteiger partial charge in [-0.2, -0.15) is 0 Å². The van der Waals surface area contributed by atoms with Crippen molar-refractivity contribution in [2.75, 3.05) is 19.7 Å². The number of aliphatic hydroxyl groups excluding tert-OH is 1. The molecule has 2 N–H and O–H groups in total. The Bertz CT molecular complexity index is 518. The normalized spacial score (nSPS) is 21.8. The number of hydrogen-bond acceptors (Lipinski definition) is 4. The Morgan fingerprint density at radius 3 is 2.90 bits per heavy atom. The lowest BCUT2D eigenvalue weighted by molar-refractivity contribution is -0.139. The molecule has 0 aliphatic carbocycles. The van der Waals surface area contributed by atoms with Crippen molar-refractivity contribution in [2.24, 2.45) is 0 Å². The van der Waals surface area contributed by atoms with Gasteiger partial charge in [0.1, 0.15) is 5.75 Å². The molecule has 0 radical (unpaired) electrons. The maximum absolute atomic E-state index is 12.5. The molecule has 1 aliphatic rings. The summed E-state index contributed by atoms with van der Waals surface area (Å²) in [7, 11) is 0. The number of phenolic OH excluding ortho intramolecular Hbond substituents is 1. The molecule has 1 aromatic carbocycles. The van der Waals surface area contributed by atoms with Crippen LogP contribution < -0.4 is 0 Å². The first-order valence-corrected chi connectivity index (χ1v) is 7.47. The first-order chi connectivity index (χ1) is 9.32. The van der Waals surface area contributed by atoms with Gasteiger partial charge in [0.05, 0.1) is 23.9 Å². The Morgan fingerprint density at radius 2 is 2.25 bits per heavy atom. The van der Waals surface area contributed by atoms with Gasteiger partial charge in [-0.3, -0.25) is 4.79 Å². The van der Waals surface area contributed by atoms with Crippen molar-refractivity contribution in [3.63, 3.8) is 0 Å². The predicted octanol–water partition coefficient (Wildman–Crippen LogP) is 1.61. The summed E-state index contributed by atoms with van der Waals surface area (Å²) in [4.78, 5) is 14.2. The summed E-state index contributed by atoms with van der Waals surface area (Å²) in [5.74, 6) is -0.267. The average Bonchev–Trinajstić information content (AvgIpc) is 2.38. The summed E-state index contributed by atoms with van der Waals surface area (Å²) >= 11 is 2.10. The molecule has 1 aromatic rings. The second kappa shape index (κ2) is 5.87. The molecule has 6 heteroatoms. The number of hydrogen-bond donors (Lipinski definition) is 2. The zero-order chi connectivity index (χ0) is 14.9. The number of aliphatic hydroxyl groups is 1. The number of nitrogens with zero attached hydrogens (tertiary/aromatic N) is 1. The van der Waals surface area contributed by atoms with Crippen LogP contribution in [-0.2, 0) is 4.74 Å². The van der Waals surface area contributed by atoms with Crippen molar-refractivity contribution >= 4 is 28.5 Å². The summed E-state index contributed by atoms with van der Waals surface area (Å²) in [5.41, 5.74) is -0.231. The molecule has 1 saturated heterocycles. The molecule has 5 nitrogen and oxygen atoms in total. The Hall–Kier alpha value is -0.860. The number of halogens is 1. The molecule has 1 fully saturated rings. The van der Waals surface area contributed by atoms with Crippen LogP contribution in [0.2, 0.25) is 0 Å². The fourth-order valence-corrected chi connectivity index (χ4v) is 2.89. The molecule has 2 rings (SSSR count). The minimum Gasteiger partial charge on any atom is -0.507 e. The minimum absolute atomic E-state index is 0.0275. The zero-order valence-electron chi connectivity index (χ0n) is 11.5. The molecule has 1 unspecified atom stereocenters. The Kier molecular flexibility index (Phi) is 4.55. The van der Waals surface area contributed by atoms with Crippen molar-refractivity contribution in [1.29, 1.82) is 0 Å². The Morgan fingerprint density at radius 1 is 1.55 bits per heavy atom. The number of ether oxygens (including phenoxy) is 1. The van der Waals surface area contributed by atoms with Gasteiger partial charge in [-0.15, -0.1) is 0 Å². The summed E-state index contributed by atoms with van der Waals surface area (Å²) < 4.78 is 6.57. The molecule has 110 valence electrons. The highest BCUT2D eigenvalue weighted by Crippen LogP contribution is 2.26. The highest BCUT2D eigenvalue weighted by Gasteiger charge is 2.36. The van der Waals surface area contributed by atoms with E-state index < -0.39 is 11.7 Å². The average molecular weight is 391 g/mol. The third-order valence-electron chi connectivity index (χ3n) is 3.16. The summed E-state index contributed by atoms with van der Waals surface area (Å²) in [6.07, 6.45) is -0.396. The van der Waals surface area contributed by atoms with Gasteiger partial charge in [-0.05, 0) is 54.6 Å². The number of aromatic hydroxyl groups is 1. The predicted molar refractivity (Wildman–Crippen MR) is 82.8 cm³/mol. The van der Waals surface area contributed by atoms with E-state index in [1.807, 2.05) is 13.8 Å². The van der Waals surface area contributed by atoms with Crippen LogP contribution in [0.5, 0.6) is 5.75 Å². The summed E-state index contributed by atoms with van der Waals surface area (Å²) in [6.45, 7) is 4.37. The van der Waals surface area contributed by atoms with Gasteiger partial charge in [0, 0.05) is 16.7 Å². The second-order valence-electron chi connectivity index (χ2n) is 5.53. The van der Waals surface area contributed by atoms with Gasteiger partial charge in [-0.1, -0.05) is 0 Å². The SMILES string of the molecule is CC1(C)CN(C(=O)c2cc(I)ccc2O)CC(CO)O1. The van der Waals surface area contributed by atoms with Crippen LogP contribution in [0.3, 0.4) is 0 Å². The topological polar surface area (TPSA) is 70.0 Å². The molecule has 0 spiro atoms. The summed E-state index contributed by atoms with van der Waals surface area (Å²) in [6, 6.07) is 4.92. The van der Waals surface area contributed by atoms with E-state index in [1.54, 1.807) is 17.0 Å². The standard InChI is InChI=1S/C14H18INO4/c1-14(2)8-16(6-10(7-17)20-14)13(19)11-5-9(15)3-4-12(11)18/h3-5,10,17-18H,6-8H2,1-2H3. The smallest absolute Gasteiger partial charge is 0.257 e. The highest BCUT2D eigenvalue weighted by molar-refractivity contribution is 14.1. The van der Waals surface area contributed by atoms with Crippen molar-refractivity contribution < 1.29 is 19.7 Å². The lowest BCUT2D eigenvalue weighted by Crippen LogP contribution is -2.55. The molecular weight excluding hydrogens is 373 g/mol. The minimum atomic E-state index is -0.515. The monoisotopic (exact) mass is 391 g/mol. The molecular formula is C14H18INO4. The number of morpholine rings is 1. The largest absolute Gasteiger partial charge is 0.507 e. The van der Waals surface area contributed by atoms with Crippen LogP contribution in [-0.4, -0.2) is 52.4 Å². The number of amides is 1. The van der Waals surface area contributed by atoms with E-state index in [9.17, 15) is 15.0 Å². The fraction of sp³-hybridized carbons (Fsp3) is 0.500. The Balaban J connectivity index is 2.25. The van der Waals surface area contributed by atoms with Gasteiger partial charge < -0.3 is 19.8 Å².